The standard InChI is InChI=1S/C15H17ClN2O3/c1-8(2)21-14(19)12-9(3)17-15(20)18-13(12)10-4-6-11(16)7-5-10/h4-8,12-13H,3H2,1-2H3,(H2,17,18,20). The number of benzene rings is 1. The molecule has 6 heteroatoms. The zero-order valence-electron chi connectivity index (χ0n) is 11.9. The summed E-state index contributed by atoms with van der Waals surface area (Å²) in [5.74, 6) is -1.12. The number of carbonyl (C=O) groups excluding carboxylic acids is 2. The fraction of sp³-hybridized carbons (Fsp3) is 0.333. The van der Waals surface area contributed by atoms with Crippen molar-refractivity contribution in [2.45, 2.75) is 26.0 Å². The summed E-state index contributed by atoms with van der Waals surface area (Å²) in [6.45, 7) is 7.31. The predicted molar refractivity (Wildman–Crippen MR) is 79.7 cm³/mol. The van der Waals surface area contributed by atoms with Crippen molar-refractivity contribution in [3.63, 3.8) is 0 Å². The summed E-state index contributed by atoms with van der Waals surface area (Å²) in [5.41, 5.74) is 1.09. The van der Waals surface area contributed by atoms with Crippen LogP contribution in [0.5, 0.6) is 0 Å². The van der Waals surface area contributed by atoms with Crippen molar-refractivity contribution in [3.05, 3.63) is 47.1 Å². The topological polar surface area (TPSA) is 67.4 Å². The van der Waals surface area contributed by atoms with Gasteiger partial charge in [-0.1, -0.05) is 30.3 Å². The van der Waals surface area contributed by atoms with Gasteiger partial charge in [0.25, 0.3) is 0 Å². The molecule has 2 N–H and O–H groups in total. The molecule has 21 heavy (non-hydrogen) atoms. The molecule has 1 aromatic rings. The number of nitrogens with one attached hydrogen (secondary N) is 2. The molecule has 0 aromatic heterocycles. The van der Waals surface area contributed by atoms with E-state index in [-0.39, 0.29) is 6.10 Å². The maximum atomic E-state index is 12.3. The van der Waals surface area contributed by atoms with Gasteiger partial charge in [-0.2, -0.15) is 0 Å². The van der Waals surface area contributed by atoms with Gasteiger partial charge < -0.3 is 15.4 Å². The van der Waals surface area contributed by atoms with E-state index in [2.05, 4.69) is 17.2 Å². The van der Waals surface area contributed by atoms with Gasteiger partial charge in [0.2, 0.25) is 0 Å². The van der Waals surface area contributed by atoms with Crippen LogP contribution in [0.2, 0.25) is 5.02 Å². The molecule has 0 radical (unpaired) electrons. The first kappa shape index (κ1) is 15.4. The molecule has 2 rings (SSSR count). The highest BCUT2D eigenvalue weighted by Crippen LogP contribution is 2.31. The number of hydrogen-bond donors (Lipinski definition) is 2. The van der Waals surface area contributed by atoms with Gasteiger partial charge in [0.1, 0.15) is 5.92 Å². The minimum atomic E-state index is -0.689. The summed E-state index contributed by atoms with van der Waals surface area (Å²) in [6.07, 6.45) is -0.242. The molecular formula is C15H17ClN2O3. The number of urea groups is 1. The normalized spacial score (nSPS) is 21.7. The Kier molecular flexibility index (Phi) is 4.53. The first-order chi connectivity index (χ1) is 9.88. The molecule has 0 saturated carbocycles. The largest absolute Gasteiger partial charge is 0.462 e. The maximum absolute atomic E-state index is 12.3. The Balaban J connectivity index is 2.32. The summed E-state index contributed by atoms with van der Waals surface area (Å²) >= 11 is 5.87. The molecule has 1 fully saturated rings. The third kappa shape index (κ3) is 3.55. The van der Waals surface area contributed by atoms with Gasteiger partial charge in [-0.3, -0.25) is 4.79 Å². The van der Waals surface area contributed by atoms with Gasteiger partial charge >= 0.3 is 12.0 Å². The lowest BCUT2D eigenvalue weighted by atomic mass is 9.89. The van der Waals surface area contributed by atoms with Gasteiger partial charge in [-0.25, -0.2) is 4.79 Å². The van der Waals surface area contributed by atoms with Crippen LogP contribution in [0.25, 0.3) is 0 Å². The lowest BCUT2D eigenvalue weighted by molar-refractivity contribution is -0.152. The van der Waals surface area contributed by atoms with Crippen LogP contribution in [0.15, 0.2) is 36.5 Å². The minimum absolute atomic E-state index is 0.242. The molecule has 0 bridgehead atoms. The van der Waals surface area contributed by atoms with Crippen molar-refractivity contribution in [3.8, 4) is 0 Å². The quantitative estimate of drug-likeness (QED) is 0.844. The molecule has 1 aliphatic heterocycles. The number of amides is 2. The molecule has 1 aliphatic rings. The lowest BCUT2D eigenvalue weighted by Crippen LogP contribution is -2.51. The molecule has 0 aliphatic carbocycles. The summed E-state index contributed by atoms with van der Waals surface area (Å²) in [6, 6.07) is 6.02. The molecule has 0 spiro atoms. The highest BCUT2D eigenvalue weighted by atomic mass is 35.5. The SMILES string of the molecule is C=C1NC(=O)NC(c2ccc(Cl)cc2)C1C(=O)OC(C)C. The van der Waals surface area contributed by atoms with Crippen LogP contribution in [-0.2, 0) is 9.53 Å². The second-order valence-electron chi connectivity index (χ2n) is 5.12. The third-order valence-electron chi connectivity index (χ3n) is 3.10. The van der Waals surface area contributed by atoms with E-state index in [1.807, 2.05) is 0 Å². The van der Waals surface area contributed by atoms with E-state index < -0.39 is 24.0 Å². The molecule has 5 nitrogen and oxygen atoms in total. The van der Waals surface area contributed by atoms with Crippen LogP contribution < -0.4 is 10.6 Å². The summed E-state index contributed by atoms with van der Waals surface area (Å²) in [5, 5.41) is 5.84. The lowest BCUT2D eigenvalue weighted by Gasteiger charge is -2.33. The Labute approximate surface area is 128 Å². The van der Waals surface area contributed by atoms with Crippen LogP contribution in [0.1, 0.15) is 25.5 Å². The monoisotopic (exact) mass is 308 g/mol. The fourth-order valence-corrected chi connectivity index (χ4v) is 2.34. The van der Waals surface area contributed by atoms with Crippen LogP contribution >= 0.6 is 11.6 Å². The number of rotatable bonds is 3. The van der Waals surface area contributed by atoms with E-state index in [0.29, 0.717) is 10.7 Å². The van der Waals surface area contributed by atoms with Crippen LogP contribution in [0.3, 0.4) is 0 Å². The molecule has 1 saturated heterocycles. The maximum Gasteiger partial charge on any atom is 0.319 e. The van der Waals surface area contributed by atoms with E-state index in [1.54, 1.807) is 38.1 Å². The first-order valence-electron chi connectivity index (χ1n) is 6.60. The number of carbonyl (C=O) groups is 2. The van der Waals surface area contributed by atoms with Crippen LogP contribution in [-0.4, -0.2) is 18.1 Å². The average molecular weight is 309 g/mol. The first-order valence-corrected chi connectivity index (χ1v) is 6.98. The van der Waals surface area contributed by atoms with Crippen molar-refractivity contribution >= 4 is 23.6 Å². The average Bonchev–Trinajstić information content (AvgIpc) is 2.37. The molecule has 2 atom stereocenters. The number of hydrogen-bond acceptors (Lipinski definition) is 3. The Bertz CT molecular complexity index is 569. The van der Waals surface area contributed by atoms with Crippen molar-refractivity contribution in [1.82, 2.24) is 10.6 Å². The number of halogens is 1. The smallest absolute Gasteiger partial charge is 0.319 e. The van der Waals surface area contributed by atoms with E-state index in [4.69, 9.17) is 16.3 Å². The van der Waals surface area contributed by atoms with E-state index in [1.165, 1.54) is 0 Å². The Morgan fingerprint density at radius 3 is 2.52 bits per heavy atom. The minimum Gasteiger partial charge on any atom is -0.462 e. The Morgan fingerprint density at radius 1 is 1.33 bits per heavy atom. The van der Waals surface area contributed by atoms with Crippen molar-refractivity contribution in [2.24, 2.45) is 5.92 Å². The van der Waals surface area contributed by atoms with Crippen LogP contribution in [0.4, 0.5) is 4.79 Å². The second kappa shape index (κ2) is 6.18. The molecule has 1 heterocycles. The number of ether oxygens (including phenoxy) is 1. The molecular weight excluding hydrogens is 292 g/mol. The van der Waals surface area contributed by atoms with E-state index in [0.717, 1.165) is 5.56 Å². The summed E-state index contributed by atoms with van der Waals surface area (Å²) < 4.78 is 5.25. The van der Waals surface area contributed by atoms with E-state index in [9.17, 15) is 9.59 Å². The fourth-order valence-electron chi connectivity index (χ4n) is 2.22. The highest BCUT2D eigenvalue weighted by Gasteiger charge is 2.39. The zero-order valence-corrected chi connectivity index (χ0v) is 12.6. The highest BCUT2D eigenvalue weighted by molar-refractivity contribution is 6.30. The zero-order chi connectivity index (χ0) is 15.6. The Hall–Kier alpha value is -2.01. The van der Waals surface area contributed by atoms with Crippen LogP contribution in [0, 0.1) is 5.92 Å². The van der Waals surface area contributed by atoms with Gasteiger partial charge in [0, 0.05) is 10.7 Å². The molecule has 2 amide bonds. The Morgan fingerprint density at radius 2 is 1.95 bits per heavy atom. The molecule has 2 unspecified atom stereocenters. The molecule has 112 valence electrons. The van der Waals surface area contributed by atoms with Gasteiger partial charge in [0.15, 0.2) is 0 Å². The van der Waals surface area contributed by atoms with Crippen molar-refractivity contribution < 1.29 is 14.3 Å². The molecule has 1 aromatic carbocycles. The summed E-state index contributed by atoms with van der Waals surface area (Å²) in [4.78, 5) is 23.9. The van der Waals surface area contributed by atoms with Crippen molar-refractivity contribution in [1.29, 1.82) is 0 Å². The predicted octanol–water partition coefficient (Wildman–Crippen LogP) is 2.78. The second-order valence-corrected chi connectivity index (χ2v) is 5.55. The van der Waals surface area contributed by atoms with Gasteiger partial charge in [-0.15, -0.1) is 0 Å². The number of esters is 1. The van der Waals surface area contributed by atoms with Gasteiger partial charge in [0.05, 0.1) is 12.1 Å². The third-order valence-corrected chi connectivity index (χ3v) is 3.36. The summed E-state index contributed by atoms with van der Waals surface area (Å²) in [7, 11) is 0. The van der Waals surface area contributed by atoms with Crippen molar-refractivity contribution in [2.75, 3.05) is 0 Å². The van der Waals surface area contributed by atoms with Gasteiger partial charge in [-0.05, 0) is 31.5 Å². The van der Waals surface area contributed by atoms with E-state index >= 15 is 0 Å².